The zero-order valence-corrected chi connectivity index (χ0v) is 13.6. The van der Waals surface area contributed by atoms with Gasteiger partial charge in [-0.05, 0) is 13.1 Å². The van der Waals surface area contributed by atoms with Gasteiger partial charge in [0.1, 0.15) is 0 Å². The molecule has 0 aliphatic rings. The van der Waals surface area contributed by atoms with Crippen molar-refractivity contribution in [3.05, 3.63) is 0 Å². The summed E-state index contributed by atoms with van der Waals surface area (Å²) >= 11 is 0. The second-order valence-corrected chi connectivity index (χ2v) is 8.38. The van der Waals surface area contributed by atoms with E-state index in [-0.39, 0.29) is 0 Å². The molecule has 0 radical (unpaired) electrons. The van der Waals surface area contributed by atoms with E-state index in [1.54, 1.807) is 4.90 Å². The summed E-state index contributed by atoms with van der Waals surface area (Å²) in [6.07, 6.45) is 0. The standard InChI is InChI=1S/C9H23NO6P2/c1-7-10(8-2)9(17(11,13-3)14-4)18(12,15-5)16-6/h9H,7-8H2,1-6H3. The van der Waals surface area contributed by atoms with Crippen LogP contribution in [0, 0.1) is 0 Å². The van der Waals surface area contributed by atoms with Gasteiger partial charge in [0.05, 0.1) is 0 Å². The van der Waals surface area contributed by atoms with Crippen LogP contribution in [-0.4, -0.2) is 52.0 Å². The van der Waals surface area contributed by atoms with E-state index in [1.165, 1.54) is 28.4 Å². The molecule has 0 spiro atoms. The first-order valence-electron chi connectivity index (χ1n) is 5.55. The highest BCUT2D eigenvalue weighted by molar-refractivity contribution is 7.72. The van der Waals surface area contributed by atoms with Crippen molar-refractivity contribution in [3.8, 4) is 0 Å². The molecule has 18 heavy (non-hydrogen) atoms. The highest BCUT2D eigenvalue weighted by Crippen LogP contribution is 2.70. The Hall–Kier alpha value is 0.260. The van der Waals surface area contributed by atoms with E-state index in [4.69, 9.17) is 18.1 Å². The van der Waals surface area contributed by atoms with E-state index in [0.29, 0.717) is 13.1 Å². The third-order valence-corrected chi connectivity index (χ3v) is 8.24. The molecule has 9 heteroatoms. The van der Waals surface area contributed by atoms with E-state index < -0.39 is 20.7 Å². The molecule has 110 valence electrons. The molecule has 7 nitrogen and oxygen atoms in total. The summed E-state index contributed by atoms with van der Waals surface area (Å²) in [4.78, 5) is 1.68. The number of hydrogen-bond acceptors (Lipinski definition) is 7. The first-order valence-corrected chi connectivity index (χ1v) is 8.77. The molecule has 0 aliphatic heterocycles. The summed E-state index contributed by atoms with van der Waals surface area (Å²) in [6, 6.07) is 0. The molecular formula is C9H23NO6P2. The van der Waals surface area contributed by atoms with Crippen LogP contribution >= 0.6 is 15.2 Å². The predicted molar refractivity (Wildman–Crippen MR) is 70.0 cm³/mol. The van der Waals surface area contributed by atoms with Crippen LogP contribution in [0.5, 0.6) is 0 Å². The van der Waals surface area contributed by atoms with Crippen LogP contribution < -0.4 is 0 Å². The molecule has 0 bridgehead atoms. The third kappa shape index (κ3) is 3.64. The van der Waals surface area contributed by atoms with Gasteiger partial charge in [-0.15, -0.1) is 0 Å². The fourth-order valence-corrected chi connectivity index (χ4v) is 6.67. The van der Waals surface area contributed by atoms with Gasteiger partial charge in [0.2, 0.25) is 5.52 Å². The van der Waals surface area contributed by atoms with Gasteiger partial charge in [0.15, 0.2) is 0 Å². The maximum Gasteiger partial charge on any atom is 0.359 e. The Morgan fingerprint density at radius 3 is 1.28 bits per heavy atom. The van der Waals surface area contributed by atoms with Crippen LogP contribution in [0.1, 0.15) is 13.8 Å². The van der Waals surface area contributed by atoms with Gasteiger partial charge >= 0.3 is 15.2 Å². The average Bonchev–Trinajstić information content (AvgIpc) is 2.43. The third-order valence-electron chi connectivity index (χ3n) is 2.72. The lowest BCUT2D eigenvalue weighted by molar-refractivity contribution is 0.192. The second-order valence-electron chi connectivity index (χ2n) is 3.38. The monoisotopic (exact) mass is 303 g/mol. The lowest BCUT2D eigenvalue weighted by Crippen LogP contribution is -2.36. The zero-order valence-electron chi connectivity index (χ0n) is 11.8. The normalized spacial score (nSPS) is 13.6. The Bertz CT molecular complexity index is 291. The smallest absolute Gasteiger partial charge is 0.310 e. The lowest BCUT2D eigenvalue weighted by Gasteiger charge is -2.35. The summed E-state index contributed by atoms with van der Waals surface area (Å²) in [5.41, 5.74) is -1.08. The number of nitrogens with zero attached hydrogens (tertiary/aromatic N) is 1. The van der Waals surface area contributed by atoms with Crippen molar-refractivity contribution < 1.29 is 27.2 Å². The molecule has 0 aromatic rings. The first-order chi connectivity index (χ1) is 8.38. The highest BCUT2D eigenvalue weighted by Gasteiger charge is 2.52. The van der Waals surface area contributed by atoms with Crippen molar-refractivity contribution >= 4 is 15.2 Å². The van der Waals surface area contributed by atoms with E-state index >= 15 is 0 Å². The Morgan fingerprint density at radius 1 is 0.833 bits per heavy atom. The fourth-order valence-electron chi connectivity index (χ4n) is 1.65. The molecule has 0 saturated heterocycles. The fraction of sp³-hybridized carbons (Fsp3) is 1.00. The highest BCUT2D eigenvalue weighted by atomic mass is 31.2. The molecular weight excluding hydrogens is 280 g/mol. The predicted octanol–water partition coefficient (Wildman–Crippen LogP) is 2.58. The van der Waals surface area contributed by atoms with Gasteiger partial charge in [-0.3, -0.25) is 14.0 Å². The Morgan fingerprint density at radius 2 is 1.11 bits per heavy atom. The Balaban J connectivity index is 5.71. The molecule has 0 amide bonds. The van der Waals surface area contributed by atoms with E-state index in [0.717, 1.165) is 0 Å². The Labute approximate surface area is 109 Å². The van der Waals surface area contributed by atoms with Crippen molar-refractivity contribution in [1.82, 2.24) is 4.90 Å². The lowest BCUT2D eigenvalue weighted by atomic mass is 10.6. The summed E-state index contributed by atoms with van der Waals surface area (Å²) < 4.78 is 44.9. The zero-order chi connectivity index (χ0) is 14.4. The van der Waals surface area contributed by atoms with E-state index in [9.17, 15) is 9.13 Å². The SMILES string of the molecule is CCN(CC)C(P(=O)(OC)OC)P(=O)(OC)OC. The molecule has 0 fully saturated rings. The minimum Gasteiger partial charge on any atom is -0.310 e. The number of hydrogen-bond donors (Lipinski definition) is 0. The minimum atomic E-state index is -3.62. The summed E-state index contributed by atoms with van der Waals surface area (Å²) in [5.74, 6) is 0. The van der Waals surface area contributed by atoms with Gasteiger partial charge in [-0.2, -0.15) is 0 Å². The Kier molecular flexibility index (Phi) is 7.87. The average molecular weight is 303 g/mol. The quantitative estimate of drug-likeness (QED) is 0.606. The molecule has 0 aromatic carbocycles. The van der Waals surface area contributed by atoms with E-state index in [1.807, 2.05) is 13.8 Å². The van der Waals surface area contributed by atoms with Crippen LogP contribution in [0.15, 0.2) is 0 Å². The van der Waals surface area contributed by atoms with Crippen molar-refractivity contribution in [2.75, 3.05) is 41.5 Å². The van der Waals surface area contributed by atoms with Gasteiger partial charge in [-0.25, -0.2) is 0 Å². The molecule has 0 N–H and O–H groups in total. The summed E-state index contributed by atoms with van der Waals surface area (Å²) in [6.45, 7) is 4.72. The van der Waals surface area contributed by atoms with Crippen molar-refractivity contribution in [2.45, 2.75) is 19.4 Å². The molecule has 0 saturated carbocycles. The minimum absolute atomic E-state index is 0.509. The van der Waals surface area contributed by atoms with Gasteiger partial charge < -0.3 is 18.1 Å². The van der Waals surface area contributed by atoms with Crippen molar-refractivity contribution in [2.24, 2.45) is 0 Å². The number of rotatable bonds is 9. The maximum absolute atomic E-state index is 12.6. The van der Waals surface area contributed by atoms with Crippen LogP contribution in [0.2, 0.25) is 0 Å². The molecule has 0 aromatic heterocycles. The van der Waals surface area contributed by atoms with Gasteiger partial charge in [-0.1, -0.05) is 13.8 Å². The maximum atomic E-state index is 12.6. The largest absolute Gasteiger partial charge is 0.359 e. The molecule has 0 rings (SSSR count). The van der Waals surface area contributed by atoms with Crippen molar-refractivity contribution in [3.63, 3.8) is 0 Å². The van der Waals surface area contributed by atoms with Crippen LogP contribution in [0.25, 0.3) is 0 Å². The summed E-state index contributed by atoms with van der Waals surface area (Å²) in [7, 11) is -2.26. The molecule has 0 aliphatic carbocycles. The molecule has 0 unspecified atom stereocenters. The first kappa shape index (κ1) is 18.3. The molecule has 0 heterocycles. The van der Waals surface area contributed by atoms with Gasteiger partial charge in [0.25, 0.3) is 0 Å². The van der Waals surface area contributed by atoms with Crippen LogP contribution in [0.4, 0.5) is 0 Å². The van der Waals surface area contributed by atoms with Crippen LogP contribution in [0.3, 0.4) is 0 Å². The topological polar surface area (TPSA) is 74.3 Å². The summed E-state index contributed by atoms with van der Waals surface area (Å²) in [5, 5.41) is 0. The molecule has 0 atom stereocenters. The van der Waals surface area contributed by atoms with Gasteiger partial charge in [0, 0.05) is 28.4 Å². The van der Waals surface area contributed by atoms with Crippen molar-refractivity contribution in [1.29, 1.82) is 0 Å². The van der Waals surface area contributed by atoms with Crippen LogP contribution in [-0.2, 0) is 27.2 Å². The van der Waals surface area contributed by atoms with E-state index in [2.05, 4.69) is 0 Å². The second kappa shape index (κ2) is 7.75.